The second-order valence-corrected chi connectivity index (χ2v) is 17.0. The van der Waals surface area contributed by atoms with Crippen molar-refractivity contribution in [1.29, 1.82) is 0 Å². The van der Waals surface area contributed by atoms with Crippen LogP contribution in [-0.4, -0.2) is 11.4 Å². The molecule has 0 amide bonds. The van der Waals surface area contributed by atoms with Crippen LogP contribution in [0.1, 0.15) is 118 Å². The topological polar surface area (TPSA) is 24.7 Å². The van der Waals surface area contributed by atoms with Gasteiger partial charge in [0.25, 0.3) is 0 Å². The van der Waals surface area contributed by atoms with E-state index >= 15 is 0 Å². The summed E-state index contributed by atoms with van der Waals surface area (Å²) in [6.07, 6.45) is 8.61. The average Bonchev–Trinajstić information content (AvgIpc) is 3.61. The number of aryl methyl sites for hydroxylation is 3. The summed E-state index contributed by atoms with van der Waals surface area (Å²) in [6, 6.07) is 68.7. The Morgan fingerprint density at radius 2 is 0.855 bits per heavy atom. The molecule has 1 aliphatic carbocycles. The van der Waals surface area contributed by atoms with Gasteiger partial charge in [-0.15, -0.1) is 0 Å². The maximum atomic E-state index is 6.11. The van der Waals surface area contributed by atoms with E-state index in [1.807, 2.05) is 0 Å². The summed E-state index contributed by atoms with van der Waals surface area (Å²) < 4.78 is 0. The first kappa shape index (κ1) is 40.7. The van der Waals surface area contributed by atoms with Crippen molar-refractivity contribution in [2.75, 3.05) is 0 Å². The van der Waals surface area contributed by atoms with Gasteiger partial charge in [0.1, 0.15) is 0 Å². The van der Waals surface area contributed by atoms with E-state index in [-0.39, 0.29) is 11.8 Å². The largest absolute Gasteiger partial charge is 0.246 e. The molecule has 0 saturated carbocycles. The van der Waals surface area contributed by atoms with Crippen molar-refractivity contribution in [1.82, 2.24) is 0 Å². The summed E-state index contributed by atoms with van der Waals surface area (Å²) in [5.74, 6) is -0.134. The number of para-hydroxylation sites is 1. The molecule has 0 fully saturated rings. The van der Waals surface area contributed by atoms with Gasteiger partial charge in [-0.05, 0) is 76.6 Å². The molecule has 9 rings (SSSR count). The second kappa shape index (κ2) is 19.0. The number of benzene rings is 8. The molecule has 0 unspecified atom stereocenters. The lowest BCUT2D eigenvalue weighted by Gasteiger charge is -2.27. The molecule has 8 aromatic carbocycles. The van der Waals surface area contributed by atoms with Crippen LogP contribution in [0, 0.1) is 13.8 Å². The predicted molar refractivity (Wildman–Crippen MR) is 263 cm³/mol. The predicted octanol–water partition coefficient (Wildman–Crippen LogP) is 16.0. The minimum Gasteiger partial charge on any atom is -0.246 e. The maximum Gasteiger partial charge on any atom is 0.0979 e. The zero-order valence-corrected chi connectivity index (χ0v) is 36.4. The van der Waals surface area contributed by atoms with Crippen molar-refractivity contribution in [2.24, 2.45) is 9.98 Å². The zero-order valence-electron chi connectivity index (χ0n) is 36.4. The Morgan fingerprint density at radius 3 is 1.34 bits per heavy atom. The standard InChI is InChI=1S/C60H56N2/c1-4-5-6-7-8-13-34-49-37-22-25-43(3)57(49)61-59-50-38-23-35-48-36-24-39-51(56(48)50)60(59)62-58-52(54(44-26-14-9-15-27-44)45-28-16-10-17-29-45)40-42(2)41-53(58)55(46-30-18-11-19-31-46)47-32-20-12-21-33-47/h9-12,14-33,35-41,54-55H,4-8,13,34H2,1-3H3. The summed E-state index contributed by atoms with van der Waals surface area (Å²) >= 11 is 0. The van der Waals surface area contributed by atoms with Crippen LogP contribution in [-0.2, 0) is 6.42 Å². The molecule has 0 atom stereocenters. The normalized spacial score (nSPS) is 13.6. The molecule has 0 radical (unpaired) electrons. The first-order valence-electron chi connectivity index (χ1n) is 22.7. The van der Waals surface area contributed by atoms with E-state index in [1.165, 1.54) is 99.4 Å². The van der Waals surface area contributed by atoms with Crippen LogP contribution in [0.5, 0.6) is 0 Å². The van der Waals surface area contributed by atoms with E-state index in [9.17, 15) is 0 Å². The quantitative estimate of drug-likeness (QED) is 0.0728. The van der Waals surface area contributed by atoms with Crippen molar-refractivity contribution >= 4 is 33.6 Å². The van der Waals surface area contributed by atoms with E-state index in [4.69, 9.17) is 9.98 Å². The van der Waals surface area contributed by atoms with Gasteiger partial charge in [-0.3, -0.25) is 0 Å². The third-order valence-electron chi connectivity index (χ3n) is 12.7. The Morgan fingerprint density at radius 1 is 0.419 bits per heavy atom. The molecular weight excluding hydrogens is 749 g/mol. The molecular formula is C60H56N2. The smallest absolute Gasteiger partial charge is 0.0979 e. The highest BCUT2D eigenvalue weighted by molar-refractivity contribution is 6.61. The molecule has 2 heteroatoms. The fourth-order valence-electron chi connectivity index (χ4n) is 9.71. The van der Waals surface area contributed by atoms with Gasteiger partial charge in [0.05, 0.1) is 22.8 Å². The maximum absolute atomic E-state index is 6.11. The lowest BCUT2D eigenvalue weighted by molar-refractivity contribution is 0.607. The fraction of sp³-hybridized carbons (Fsp3) is 0.200. The molecule has 8 aromatic rings. The second-order valence-electron chi connectivity index (χ2n) is 17.0. The average molecular weight is 805 g/mol. The van der Waals surface area contributed by atoms with E-state index in [1.54, 1.807) is 0 Å². The number of nitrogens with zero attached hydrogens (tertiary/aromatic N) is 2. The number of hydrogen-bond acceptors (Lipinski definition) is 2. The van der Waals surface area contributed by atoms with Crippen molar-refractivity contribution < 1.29 is 0 Å². The van der Waals surface area contributed by atoms with Gasteiger partial charge in [0.15, 0.2) is 0 Å². The van der Waals surface area contributed by atoms with Gasteiger partial charge in [-0.2, -0.15) is 0 Å². The van der Waals surface area contributed by atoms with Crippen molar-refractivity contribution in [3.05, 3.63) is 249 Å². The Bertz CT molecular complexity index is 2650. The summed E-state index contributed by atoms with van der Waals surface area (Å²) in [6.45, 7) is 6.74. The van der Waals surface area contributed by atoms with Crippen LogP contribution in [0.4, 0.5) is 11.4 Å². The highest BCUT2D eigenvalue weighted by Crippen LogP contribution is 2.47. The van der Waals surface area contributed by atoms with Crippen LogP contribution in [0.2, 0.25) is 0 Å². The monoisotopic (exact) mass is 804 g/mol. The SMILES string of the molecule is CCCCCCCCc1cccc(C)c1N=C1C(=Nc2c(C(c3ccccc3)c3ccccc3)cc(C)cc2C(c2ccccc2)c2ccccc2)c2cccc3cccc1c23. The number of rotatable bonds is 15. The highest BCUT2D eigenvalue weighted by atomic mass is 14.8. The summed E-state index contributed by atoms with van der Waals surface area (Å²) in [7, 11) is 0. The van der Waals surface area contributed by atoms with Gasteiger partial charge < -0.3 is 0 Å². The Hall–Kier alpha value is -6.64. The number of aliphatic imine (C=N–C) groups is 2. The summed E-state index contributed by atoms with van der Waals surface area (Å²) in [5.41, 5.74) is 17.2. The lowest BCUT2D eigenvalue weighted by atomic mass is 9.78. The first-order chi connectivity index (χ1) is 30.6. The minimum absolute atomic E-state index is 0.0668. The van der Waals surface area contributed by atoms with Crippen LogP contribution in [0.25, 0.3) is 10.8 Å². The lowest BCUT2D eigenvalue weighted by Crippen LogP contribution is -2.13. The van der Waals surface area contributed by atoms with Gasteiger partial charge in [0.2, 0.25) is 0 Å². The van der Waals surface area contributed by atoms with E-state index in [0.717, 1.165) is 40.3 Å². The summed E-state index contributed by atoms with van der Waals surface area (Å²) in [4.78, 5) is 11.9. The molecule has 0 saturated heterocycles. The van der Waals surface area contributed by atoms with Crippen LogP contribution in [0.3, 0.4) is 0 Å². The Balaban J connectivity index is 1.33. The molecule has 2 nitrogen and oxygen atoms in total. The van der Waals surface area contributed by atoms with Crippen LogP contribution in [0.15, 0.2) is 198 Å². The number of hydrogen-bond donors (Lipinski definition) is 0. The van der Waals surface area contributed by atoms with Crippen LogP contribution < -0.4 is 0 Å². The van der Waals surface area contributed by atoms with E-state index < -0.39 is 0 Å². The van der Waals surface area contributed by atoms with Gasteiger partial charge >= 0.3 is 0 Å². The molecule has 0 bridgehead atoms. The Labute approximate surface area is 368 Å². The van der Waals surface area contributed by atoms with Gasteiger partial charge in [0, 0.05) is 28.3 Å². The summed E-state index contributed by atoms with van der Waals surface area (Å²) in [5, 5.41) is 2.43. The zero-order chi connectivity index (χ0) is 42.3. The molecule has 62 heavy (non-hydrogen) atoms. The molecule has 1 aliphatic rings. The third kappa shape index (κ3) is 8.48. The van der Waals surface area contributed by atoms with Gasteiger partial charge in [-0.1, -0.05) is 233 Å². The van der Waals surface area contributed by atoms with Crippen LogP contribution >= 0.6 is 0 Å². The Kier molecular flexibility index (Phi) is 12.5. The van der Waals surface area contributed by atoms with Crippen molar-refractivity contribution in [3.8, 4) is 0 Å². The number of unbranched alkanes of at least 4 members (excludes halogenated alkanes) is 5. The van der Waals surface area contributed by atoms with Crippen molar-refractivity contribution in [3.63, 3.8) is 0 Å². The highest BCUT2D eigenvalue weighted by Gasteiger charge is 2.32. The third-order valence-corrected chi connectivity index (χ3v) is 12.7. The molecule has 0 aromatic heterocycles. The molecule has 0 spiro atoms. The molecule has 0 heterocycles. The molecule has 0 N–H and O–H groups in total. The van der Waals surface area contributed by atoms with Gasteiger partial charge in [-0.25, -0.2) is 9.98 Å². The minimum atomic E-state index is -0.0668. The van der Waals surface area contributed by atoms with E-state index in [2.05, 4.69) is 209 Å². The first-order valence-corrected chi connectivity index (χ1v) is 22.7. The van der Waals surface area contributed by atoms with E-state index in [0.29, 0.717) is 0 Å². The molecule has 0 aliphatic heterocycles. The molecule has 306 valence electrons. The van der Waals surface area contributed by atoms with Crippen molar-refractivity contribution in [2.45, 2.75) is 77.6 Å². The fourth-order valence-corrected chi connectivity index (χ4v) is 9.71.